The summed E-state index contributed by atoms with van der Waals surface area (Å²) < 4.78 is 0. The molecule has 1 heterocycles. The van der Waals surface area contributed by atoms with E-state index in [1.807, 2.05) is 12.3 Å². The zero-order valence-corrected chi connectivity index (χ0v) is 9.93. The number of ketones is 1. The molecule has 2 nitrogen and oxygen atoms in total. The van der Waals surface area contributed by atoms with Crippen LogP contribution in [-0.2, 0) is 4.79 Å². The maximum atomic E-state index is 11.9. The van der Waals surface area contributed by atoms with Gasteiger partial charge in [-0.15, -0.1) is 11.3 Å². The number of Topliss-reactive ketones (excluding diaryl/α,β-unsaturated/α-hetero) is 1. The van der Waals surface area contributed by atoms with Crippen molar-refractivity contribution in [2.45, 2.75) is 33.1 Å². The maximum absolute atomic E-state index is 11.9. The second kappa shape index (κ2) is 3.89. The number of carbonyl (C=O) groups is 1. The largest absolute Gasteiger partial charge is 0.295 e. The number of hydrogen-bond acceptors (Lipinski definition) is 3. The number of allylic oxidation sites excluding steroid dienone is 1. The molecular weight excluding hydrogens is 206 g/mol. The van der Waals surface area contributed by atoms with Gasteiger partial charge in [0.1, 0.15) is 0 Å². The van der Waals surface area contributed by atoms with Crippen LogP contribution in [0.5, 0.6) is 0 Å². The van der Waals surface area contributed by atoms with E-state index in [-0.39, 0.29) is 5.41 Å². The van der Waals surface area contributed by atoms with Gasteiger partial charge in [0.15, 0.2) is 5.78 Å². The summed E-state index contributed by atoms with van der Waals surface area (Å²) in [6, 6.07) is 0. The van der Waals surface area contributed by atoms with E-state index in [4.69, 9.17) is 0 Å². The average molecular weight is 221 g/mol. The van der Waals surface area contributed by atoms with Crippen molar-refractivity contribution in [3.05, 3.63) is 22.2 Å². The highest BCUT2D eigenvalue weighted by molar-refractivity contribution is 7.10. The highest BCUT2D eigenvalue weighted by Crippen LogP contribution is 2.36. The van der Waals surface area contributed by atoms with E-state index < -0.39 is 0 Å². The second-order valence-electron chi connectivity index (χ2n) is 4.84. The molecule has 0 radical (unpaired) electrons. The molecule has 2 rings (SSSR count). The summed E-state index contributed by atoms with van der Waals surface area (Å²) in [6.07, 6.45) is 6.49. The molecule has 1 saturated carbocycles. The number of nitrogens with zero attached hydrogens (tertiary/aromatic N) is 1. The van der Waals surface area contributed by atoms with Crippen molar-refractivity contribution in [1.82, 2.24) is 4.98 Å². The van der Waals surface area contributed by atoms with Gasteiger partial charge in [-0.2, -0.15) is 0 Å². The van der Waals surface area contributed by atoms with Gasteiger partial charge in [0, 0.05) is 17.5 Å². The molecular formula is C12H15NOS. The molecule has 0 spiro atoms. The van der Waals surface area contributed by atoms with Crippen molar-refractivity contribution in [3.8, 4) is 0 Å². The van der Waals surface area contributed by atoms with Crippen LogP contribution >= 0.6 is 11.3 Å². The molecule has 0 amide bonds. The zero-order chi connectivity index (χ0) is 10.9. The third-order valence-electron chi connectivity index (χ3n) is 2.84. The quantitative estimate of drug-likeness (QED) is 0.681. The minimum Gasteiger partial charge on any atom is -0.295 e. The van der Waals surface area contributed by atoms with Crippen molar-refractivity contribution in [2.75, 3.05) is 0 Å². The molecule has 1 aliphatic rings. The van der Waals surface area contributed by atoms with Crippen LogP contribution in [0.2, 0.25) is 0 Å². The number of aromatic nitrogens is 1. The van der Waals surface area contributed by atoms with Gasteiger partial charge >= 0.3 is 0 Å². The van der Waals surface area contributed by atoms with E-state index in [9.17, 15) is 4.79 Å². The number of carbonyl (C=O) groups excluding carboxylic acids is 1. The number of rotatable bonds is 1. The standard InChI is InChI=1S/C12H15NOS/c1-12(2)4-3-9(11(14)6-12)5-10-7-13-8-15-10/h5,7-8H,3-4,6H2,1-2H3/b9-5+. The van der Waals surface area contributed by atoms with Crippen LogP contribution in [0.4, 0.5) is 0 Å². The van der Waals surface area contributed by atoms with Gasteiger partial charge in [0.2, 0.25) is 0 Å². The van der Waals surface area contributed by atoms with Gasteiger partial charge in [0.05, 0.1) is 5.51 Å². The third kappa shape index (κ3) is 2.53. The molecule has 0 atom stereocenters. The fraction of sp³-hybridized carbons (Fsp3) is 0.500. The van der Waals surface area contributed by atoms with Crippen molar-refractivity contribution < 1.29 is 4.79 Å². The first-order valence-electron chi connectivity index (χ1n) is 5.19. The first kappa shape index (κ1) is 10.6. The lowest BCUT2D eigenvalue weighted by molar-refractivity contribution is -0.118. The summed E-state index contributed by atoms with van der Waals surface area (Å²) in [6.45, 7) is 4.32. The SMILES string of the molecule is CC1(C)CC/C(=C\c2cncs2)C(=O)C1. The minimum atomic E-state index is 0.183. The van der Waals surface area contributed by atoms with E-state index in [2.05, 4.69) is 18.8 Å². The van der Waals surface area contributed by atoms with Gasteiger partial charge in [0.25, 0.3) is 0 Å². The molecule has 0 unspecified atom stereocenters. The Hall–Kier alpha value is -0.960. The van der Waals surface area contributed by atoms with Crippen LogP contribution in [0.1, 0.15) is 38.0 Å². The normalized spacial score (nSPS) is 23.3. The lowest BCUT2D eigenvalue weighted by atomic mass is 9.75. The monoisotopic (exact) mass is 221 g/mol. The smallest absolute Gasteiger partial charge is 0.159 e. The van der Waals surface area contributed by atoms with Crippen molar-refractivity contribution >= 4 is 23.2 Å². The second-order valence-corrected chi connectivity index (χ2v) is 5.76. The van der Waals surface area contributed by atoms with E-state index in [1.165, 1.54) is 0 Å². The van der Waals surface area contributed by atoms with E-state index in [0.29, 0.717) is 12.2 Å². The summed E-state index contributed by atoms with van der Waals surface area (Å²) >= 11 is 1.58. The van der Waals surface area contributed by atoms with Gasteiger partial charge in [-0.3, -0.25) is 9.78 Å². The topological polar surface area (TPSA) is 30.0 Å². The predicted octanol–water partition coefficient (Wildman–Crippen LogP) is 3.31. The van der Waals surface area contributed by atoms with Gasteiger partial charge < -0.3 is 0 Å². The third-order valence-corrected chi connectivity index (χ3v) is 3.56. The molecule has 1 aromatic rings. The summed E-state index contributed by atoms with van der Waals surface area (Å²) in [4.78, 5) is 16.9. The Balaban J connectivity index is 2.16. The summed E-state index contributed by atoms with van der Waals surface area (Å²) in [5.41, 5.74) is 2.95. The summed E-state index contributed by atoms with van der Waals surface area (Å²) in [5.74, 6) is 0.305. The molecule has 80 valence electrons. The Morgan fingerprint density at radius 3 is 2.93 bits per heavy atom. The highest BCUT2D eigenvalue weighted by atomic mass is 32.1. The average Bonchev–Trinajstić information content (AvgIpc) is 2.61. The first-order valence-corrected chi connectivity index (χ1v) is 6.07. The zero-order valence-electron chi connectivity index (χ0n) is 9.12. The van der Waals surface area contributed by atoms with E-state index in [1.54, 1.807) is 16.8 Å². The van der Waals surface area contributed by atoms with E-state index in [0.717, 1.165) is 23.3 Å². The van der Waals surface area contributed by atoms with Crippen LogP contribution < -0.4 is 0 Å². The van der Waals surface area contributed by atoms with Crippen LogP contribution in [0.25, 0.3) is 6.08 Å². The maximum Gasteiger partial charge on any atom is 0.159 e. The summed E-state index contributed by atoms with van der Waals surface area (Å²) in [5, 5.41) is 0. The molecule has 1 fully saturated rings. The molecule has 15 heavy (non-hydrogen) atoms. The molecule has 1 aromatic heterocycles. The van der Waals surface area contributed by atoms with Crippen molar-refractivity contribution in [1.29, 1.82) is 0 Å². The Morgan fingerprint density at radius 1 is 1.53 bits per heavy atom. The molecule has 3 heteroatoms. The van der Waals surface area contributed by atoms with E-state index >= 15 is 0 Å². The lowest BCUT2D eigenvalue weighted by Gasteiger charge is -2.29. The Labute approximate surface area is 94.0 Å². The Kier molecular flexibility index (Phi) is 2.74. The molecule has 0 aromatic carbocycles. The molecule has 0 N–H and O–H groups in total. The summed E-state index contributed by atoms with van der Waals surface area (Å²) in [7, 11) is 0. The number of hydrogen-bond donors (Lipinski definition) is 0. The lowest BCUT2D eigenvalue weighted by Crippen LogP contribution is -2.24. The highest BCUT2D eigenvalue weighted by Gasteiger charge is 2.29. The van der Waals surface area contributed by atoms with Gasteiger partial charge in [-0.05, 0) is 29.9 Å². The van der Waals surface area contributed by atoms with Crippen molar-refractivity contribution in [3.63, 3.8) is 0 Å². The van der Waals surface area contributed by atoms with Crippen LogP contribution in [-0.4, -0.2) is 10.8 Å². The number of thiazole rings is 1. The van der Waals surface area contributed by atoms with Gasteiger partial charge in [-0.25, -0.2) is 0 Å². The Bertz CT molecular complexity index is 390. The van der Waals surface area contributed by atoms with Crippen LogP contribution in [0, 0.1) is 5.41 Å². The predicted molar refractivity (Wildman–Crippen MR) is 62.7 cm³/mol. The van der Waals surface area contributed by atoms with Crippen LogP contribution in [0.3, 0.4) is 0 Å². The fourth-order valence-electron chi connectivity index (χ4n) is 1.87. The molecule has 0 saturated heterocycles. The first-order chi connectivity index (χ1) is 7.07. The fourth-order valence-corrected chi connectivity index (χ4v) is 2.45. The minimum absolute atomic E-state index is 0.183. The Morgan fingerprint density at radius 2 is 2.33 bits per heavy atom. The molecule has 0 aliphatic heterocycles. The van der Waals surface area contributed by atoms with Gasteiger partial charge in [-0.1, -0.05) is 13.8 Å². The molecule has 1 aliphatic carbocycles. The molecule has 0 bridgehead atoms. The van der Waals surface area contributed by atoms with Crippen molar-refractivity contribution in [2.24, 2.45) is 5.41 Å². The van der Waals surface area contributed by atoms with Crippen LogP contribution in [0.15, 0.2) is 17.3 Å².